The molecule has 7 nitrogen and oxygen atoms in total. The van der Waals surface area contributed by atoms with Crippen LogP contribution in [0.15, 0.2) is 79.0 Å². The molecule has 0 fully saturated rings. The van der Waals surface area contributed by atoms with Crippen molar-refractivity contribution < 1.29 is 18.7 Å². The molecule has 0 aliphatic rings. The van der Waals surface area contributed by atoms with Crippen LogP contribution in [0.3, 0.4) is 0 Å². The summed E-state index contributed by atoms with van der Waals surface area (Å²) in [5, 5.41) is 2.75. The molecular formula is C28H26ClFN4O3. The lowest BCUT2D eigenvalue weighted by Crippen LogP contribution is -2.40. The summed E-state index contributed by atoms with van der Waals surface area (Å²) in [5.41, 5.74) is 3.28. The Morgan fingerprint density at radius 2 is 1.81 bits per heavy atom. The van der Waals surface area contributed by atoms with E-state index >= 15 is 0 Å². The van der Waals surface area contributed by atoms with Crippen LogP contribution in [-0.4, -0.2) is 53.1 Å². The molecule has 2 amide bonds. The van der Waals surface area contributed by atoms with Gasteiger partial charge in [-0.2, -0.15) is 0 Å². The number of anilines is 1. The van der Waals surface area contributed by atoms with Gasteiger partial charge in [-0.1, -0.05) is 60.1 Å². The molecule has 0 aliphatic carbocycles. The van der Waals surface area contributed by atoms with E-state index in [2.05, 4.69) is 10.3 Å². The van der Waals surface area contributed by atoms with Gasteiger partial charge in [0.25, 0.3) is 5.91 Å². The first kappa shape index (κ1) is 26.1. The predicted molar refractivity (Wildman–Crippen MR) is 142 cm³/mol. The van der Waals surface area contributed by atoms with Crippen LogP contribution >= 0.6 is 11.6 Å². The molecule has 0 bridgehead atoms. The van der Waals surface area contributed by atoms with Crippen LogP contribution < -0.4 is 5.32 Å². The number of carbonyl (C=O) groups is 2. The molecule has 0 saturated carbocycles. The maximum atomic E-state index is 13.8. The van der Waals surface area contributed by atoms with Crippen molar-refractivity contribution in [2.24, 2.45) is 0 Å². The van der Waals surface area contributed by atoms with Gasteiger partial charge in [0.15, 0.2) is 0 Å². The average Bonchev–Trinajstić information content (AvgIpc) is 3.32. The van der Waals surface area contributed by atoms with Crippen molar-refractivity contribution in [3.05, 3.63) is 101 Å². The topological polar surface area (TPSA) is 76.5 Å². The number of aromatic nitrogens is 2. The highest BCUT2D eigenvalue weighted by Crippen LogP contribution is 2.26. The number of hydrogen-bond donors (Lipinski definition) is 1. The minimum atomic E-state index is -0.553. The molecule has 1 N–H and O–H groups in total. The molecule has 0 spiro atoms. The second-order valence-electron chi connectivity index (χ2n) is 8.37. The number of aryl methyl sites for hydroxylation is 1. The highest BCUT2D eigenvalue weighted by molar-refractivity contribution is 6.30. The molecule has 37 heavy (non-hydrogen) atoms. The second kappa shape index (κ2) is 11.8. The summed E-state index contributed by atoms with van der Waals surface area (Å²) >= 11 is 6.02. The van der Waals surface area contributed by atoms with E-state index in [1.54, 1.807) is 29.0 Å². The number of benzene rings is 3. The summed E-state index contributed by atoms with van der Waals surface area (Å²) in [5.74, 6) is -1.06. The van der Waals surface area contributed by atoms with Gasteiger partial charge < -0.3 is 9.64 Å². The normalized spacial score (nSPS) is 10.8. The molecule has 0 saturated heterocycles. The number of carbonyl (C=O) groups excluding carboxylic acids is 2. The summed E-state index contributed by atoms with van der Waals surface area (Å²) < 4.78 is 20.6. The maximum Gasteiger partial charge on any atom is 0.254 e. The van der Waals surface area contributed by atoms with E-state index in [-0.39, 0.29) is 36.6 Å². The number of nitrogens with one attached hydrogen (secondary N) is 1. The van der Waals surface area contributed by atoms with Gasteiger partial charge in [0.1, 0.15) is 12.4 Å². The zero-order valence-corrected chi connectivity index (χ0v) is 21.2. The van der Waals surface area contributed by atoms with Gasteiger partial charge in [-0.25, -0.2) is 9.37 Å². The van der Waals surface area contributed by atoms with Crippen molar-refractivity contribution >= 4 is 29.4 Å². The fourth-order valence-electron chi connectivity index (χ4n) is 3.82. The van der Waals surface area contributed by atoms with E-state index in [9.17, 15) is 14.0 Å². The third-order valence-electron chi connectivity index (χ3n) is 5.77. The minimum absolute atomic E-state index is 0.0562. The van der Waals surface area contributed by atoms with Gasteiger partial charge in [-0.05, 0) is 36.8 Å². The Balaban J connectivity index is 1.63. The third kappa shape index (κ3) is 6.22. The number of methoxy groups -OCH3 is 1. The molecule has 0 unspecified atom stereocenters. The van der Waals surface area contributed by atoms with Crippen molar-refractivity contribution in [3.8, 4) is 16.9 Å². The van der Waals surface area contributed by atoms with Crippen LogP contribution in [0.1, 0.15) is 15.9 Å². The molecule has 3 aromatic carbocycles. The van der Waals surface area contributed by atoms with Crippen molar-refractivity contribution in [3.63, 3.8) is 0 Å². The fraction of sp³-hybridized carbons (Fsp3) is 0.179. The Hall–Kier alpha value is -4.01. The highest BCUT2D eigenvalue weighted by atomic mass is 35.5. The maximum absolute atomic E-state index is 13.8. The molecule has 0 atom stereocenters. The molecule has 0 radical (unpaired) electrons. The highest BCUT2D eigenvalue weighted by Gasteiger charge is 2.22. The van der Waals surface area contributed by atoms with E-state index < -0.39 is 11.7 Å². The third-order valence-corrected chi connectivity index (χ3v) is 6.06. The van der Waals surface area contributed by atoms with E-state index in [0.29, 0.717) is 16.9 Å². The van der Waals surface area contributed by atoms with Gasteiger partial charge in [-0.3, -0.25) is 19.5 Å². The summed E-state index contributed by atoms with van der Waals surface area (Å²) in [6.07, 6.45) is 1.73. The Labute approximate surface area is 219 Å². The number of halogens is 2. The van der Waals surface area contributed by atoms with Crippen LogP contribution in [0.4, 0.5) is 10.3 Å². The SMILES string of the molecule is COCCN(CC(=O)Nc1nc(-c2ccccc2)cn1-c1ccc(F)c(Cl)c1)C(=O)c1ccccc1C. The zero-order chi connectivity index (χ0) is 26.4. The Morgan fingerprint density at radius 1 is 1.08 bits per heavy atom. The standard InChI is InChI=1S/C28H26ClFN4O3/c1-19-8-6-7-11-22(19)27(36)33(14-15-37-2)18-26(35)32-28-31-25(20-9-4-3-5-10-20)17-34(28)21-12-13-24(30)23(29)16-21/h3-13,16-17H,14-15,18H2,1-2H3,(H,31,32,35). The minimum Gasteiger partial charge on any atom is -0.383 e. The first-order chi connectivity index (χ1) is 17.9. The molecule has 4 aromatic rings. The van der Waals surface area contributed by atoms with Gasteiger partial charge in [0.2, 0.25) is 11.9 Å². The summed E-state index contributed by atoms with van der Waals surface area (Å²) in [4.78, 5) is 32.4. The number of rotatable bonds is 9. The summed E-state index contributed by atoms with van der Waals surface area (Å²) in [6, 6.07) is 20.9. The average molecular weight is 521 g/mol. The Bertz CT molecular complexity index is 1410. The summed E-state index contributed by atoms with van der Waals surface area (Å²) in [6.45, 7) is 2.13. The number of ether oxygens (including phenoxy) is 1. The molecule has 4 rings (SSSR count). The molecule has 1 heterocycles. The number of hydrogen-bond acceptors (Lipinski definition) is 4. The first-order valence-electron chi connectivity index (χ1n) is 11.6. The van der Waals surface area contributed by atoms with Gasteiger partial charge in [0, 0.05) is 31.0 Å². The lowest BCUT2D eigenvalue weighted by atomic mass is 10.1. The zero-order valence-electron chi connectivity index (χ0n) is 20.4. The molecular weight excluding hydrogens is 495 g/mol. The van der Waals surface area contributed by atoms with Crippen molar-refractivity contribution in [2.45, 2.75) is 6.92 Å². The van der Waals surface area contributed by atoms with Gasteiger partial charge in [-0.15, -0.1) is 0 Å². The lowest BCUT2D eigenvalue weighted by Gasteiger charge is -2.22. The van der Waals surface area contributed by atoms with Crippen molar-refractivity contribution in [2.75, 3.05) is 32.1 Å². The molecule has 190 valence electrons. The monoisotopic (exact) mass is 520 g/mol. The number of imidazole rings is 1. The van der Waals surface area contributed by atoms with Crippen molar-refractivity contribution in [1.29, 1.82) is 0 Å². The van der Waals surface area contributed by atoms with E-state index in [1.807, 2.05) is 49.4 Å². The smallest absolute Gasteiger partial charge is 0.254 e. The first-order valence-corrected chi connectivity index (χ1v) is 12.0. The van der Waals surface area contributed by atoms with Crippen LogP contribution in [0.2, 0.25) is 5.02 Å². The Kier molecular flexibility index (Phi) is 8.32. The molecule has 0 aliphatic heterocycles. The number of amides is 2. The lowest BCUT2D eigenvalue weighted by molar-refractivity contribution is -0.117. The fourth-order valence-corrected chi connectivity index (χ4v) is 4.00. The Morgan fingerprint density at radius 3 is 2.51 bits per heavy atom. The van der Waals surface area contributed by atoms with Gasteiger partial charge >= 0.3 is 0 Å². The quantitative estimate of drug-likeness (QED) is 0.322. The summed E-state index contributed by atoms with van der Waals surface area (Å²) in [7, 11) is 1.53. The van der Waals surface area contributed by atoms with Crippen LogP contribution in [0.5, 0.6) is 0 Å². The predicted octanol–water partition coefficient (Wildman–Crippen LogP) is 5.37. The van der Waals surface area contributed by atoms with E-state index in [0.717, 1.165) is 11.1 Å². The van der Waals surface area contributed by atoms with Crippen LogP contribution in [-0.2, 0) is 9.53 Å². The largest absolute Gasteiger partial charge is 0.383 e. The van der Waals surface area contributed by atoms with Crippen LogP contribution in [0.25, 0.3) is 16.9 Å². The van der Waals surface area contributed by atoms with Gasteiger partial charge in [0.05, 0.1) is 23.0 Å². The molecule has 9 heteroatoms. The van der Waals surface area contributed by atoms with E-state index in [1.165, 1.54) is 24.1 Å². The number of nitrogens with zero attached hydrogens (tertiary/aromatic N) is 3. The van der Waals surface area contributed by atoms with Crippen LogP contribution in [0, 0.1) is 12.7 Å². The van der Waals surface area contributed by atoms with Crippen molar-refractivity contribution in [1.82, 2.24) is 14.5 Å². The van der Waals surface area contributed by atoms with E-state index in [4.69, 9.17) is 16.3 Å². The molecule has 1 aromatic heterocycles. The second-order valence-corrected chi connectivity index (χ2v) is 8.77.